The van der Waals surface area contributed by atoms with Gasteiger partial charge in [0.15, 0.2) is 0 Å². The summed E-state index contributed by atoms with van der Waals surface area (Å²) in [6, 6.07) is 0. The van der Waals surface area contributed by atoms with E-state index in [2.05, 4.69) is 5.43 Å². The van der Waals surface area contributed by atoms with E-state index in [0.29, 0.717) is 6.54 Å². The van der Waals surface area contributed by atoms with Gasteiger partial charge in [0, 0.05) is 0 Å². The molecule has 0 bridgehead atoms. The van der Waals surface area contributed by atoms with E-state index in [-0.39, 0.29) is 5.17 Å². The average Bonchev–Trinajstić information content (AvgIpc) is 1.86. The number of hydrogen-bond acceptors (Lipinski definition) is 2. The Balaban J connectivity index is 2.32. The number of hydroxylamine groups is 1. The van der Waals surface area contributed by atoms with Gasteiger partial charge in [0.2, 0.25) is 0 Å². The van der Waals surface area contributed by atoms with Crippen molar-refractivity contribution >= 4 is 0 Å². The molecule has 1 atom stereocenters. The zero-order valence-corrected chi connectivity index (χ0v) is 3.27. The van der Waals surface area contributed by atoms with Gasteiger partial charge in [-0.1, -0.05) is 0 Å². The van der Waals surface area contributed by atoms with Gasteiger partial charge in [-0.2, -0.15) is 0 Å². The maximum atomic E-state index is 10.1. The number of nitrogens with one attached hydrogen (secondary N) is 2. The summed E-state index contributed by atoms with van der Waals surface area (Å²) in [5.74, 6) is 0. The summed E-state index contributed by atoms with van der Waals surface area (Å²) in [7, 11) is 0. The third-order valence-corrected chi connectivity index (χ3v) is 0.665. The highest BCUT2D eigenvalue weighted by Gasteiger charge is 1.92. The fourth-order valence-electron chi connectivity index (χ4n) is 0.377. The highest BCUT2D eigenvalue weighted by atomic mass is 16.5. The Bertz CT molecular complexity index is 63.2. The van der Waals surface area contributed by atoms with E-state index < -0.39 is 0 Å². The maximum absolute atomic E-state index is 10.1. The Morgan fingerprint density at radius 1 is 1.83 bits per heavy atom. The van der Waals surface area contributed by atoms with Crippen LogP contribution in [0.4, 0.5) is 0 Å². The van der Waals surface area contributed by atoms with Gasteiger partial charge in [-0.15, -0.1) is 0 Å². The van der Waals surface area contributed by atoms with Crippen molar-refractivity contribution in [3.63, 3.8) is 0 Å². The van der Waals surface area contributed by atoms with Crippen LogP contribution in [0.2, 0.25) is 0 Å². The molecule has 3 heteroatoms. The lowest BCUT2D eigenvalue weighted by Crippen LogP contribution is -3.11. The predicted molar refractivity (Wildman–Crippen MR) is 21.5 cm³/mol. The van der Waals surface area contributed by atoms with Gasteiger partial charge in [-0.25, -0.2) is 5.43 Å². The molecule has 0 amide bonds. The number of quaternary nitrogens is 1. The second kappa shape index (κ2) is 1.28. The summed E-state index contributed by atoms with van der Waals surface area (Å²) < 4.78 is 0. The van der Waals surface area contributed by atoms with Crippen LogP contribution < -0.4 is 10.6 Å². The van der Waals surface area contributed by atoms with Crippen molar-refractivity contribution in [2.24, 2.45) is 0 Å². The molecule has 0 aromatic rings. The molecule has 2 N–H and O–H groups in total. The van der Waals surface area contributed by atoms with E-state index in [1.54, 1.807) is 12.3 Å². The standard InChI is InChI=1S/C3H6N2O/c6-5-3-1-2-4-5/h1-2,4-5H,3H2. The minimum atomic E-state index is 0.0926. The molecule has 6 heavy (non-hydrogen) atoms. The lowest BCUT2D eigenvalue weighted by molar-refractivity contribution is -0.877. The SMILES string of the molecule is [O-][NH+]1CC=CN1. The Kier molecular flexibility index (Phi) is 0.777. The fraction of sp³-hybridized carbons (Fsp3) is 0.333. The third-order valence-electron chi connectivity index (χ3n) is 0.665. The van der Waals surface area contributed by atoms with E-state index in [1.165, 1.54) is 0 Å². The Morgan fingerprint density at radius 3 is 2.83 bits per heavy atom. The highest BCUT2D eigenvalue weighted by Crippen LogP contribution is 1.61. The Hall–Kier alpha value is -0.540. The molecule has 1 heterocycles. The molecular formula is C3H6N2O. The summed E-state index contributed by atoms with van der Waals surface area (Å²) in [5.41, 5.74) is 2.50. The van der Waals surface area contributed by atoms with Crippen LogP contribution in [0.1, 0.15) is 0 Å². The first-order chi connectivity index (χ1) is 2.89. The normalized spacial score (nSPS) is 30.5. The van der Waals surface area contributed by atoms with Gasteiger partial charge in [0.1, 0.15) is 6.54 Å². The third kappa shape index (κ3) is 0.502. The summed E-state index contributed by atoms with van der Waals surface area (Å²) in [5, 5.41) is 10.2. The van der Waals surface area contributed by atoms with Crippen molar-refractivity contribution in [3.8, 4) is 0 Å². The first-order valence-electron chi connectivity index (χ1n) is 1.84. The molecule has 1 rings (SSSR count). The van der Waals surface area contributed by atoms with E-state index in [4.69, 9.17) is 0 Å². The van der Waals surface area contributed by atoms with Crippen LogP contribution in [0, 0.1) is 5.21 Å². The topological polar surface area (TPSA) is 39.5 Å². The summed E-state index contributed by atoms with van der Waals surface area (Å²) in [6.07, 6.45) is 3.45. The molecule has 0 saturated carbocycles. The average molecular weight is 86.1 g/mol. The molecule has 3 nitrogen and oxygen atoms in total. The minimum absolute atomic E-state index is 0.0926. The summed E-state index contributed by atoms with van der Waals surface area (Å²) in [6.45, 7) is 0.556. The Morgan fingerprint density at radius 2 is 2.67 bits per heavy atom. The molecule has 0 aromatic carbocycles. The lowest BCUT2D eigenvalue weighted by atomic mass is 10.7. The van der Waals surface area contributed by atoms with Gasteiger partial charge < -0.3 is 5.21 Å². The minimum Gasteiger partial charge on any atom is -0.608 e. The highest BCUT2D eigenvalue weighted by molar-refractivity contribution is 4.78. The van der Waals surface area contributed by atoms with Crippen molar-refractivity contribution < 1.29 is 5.17 Å². The molecule has 0 radical (unpaired) electrons. The molecular weight excluding hydrogens is 80.0 g/mol. The van der Waals surface area contributed by atoms with Crippen molar-refractivity contribution in [1.82, 2.24) is 5.43 Å². The van der Waals surface area contributed by atoms with Crippen LogP contribution in [-0.4, -0.2) is 6.54 Å². The van der Waals surface area contributed by atoms with Gasteiger partial charge in [-0.05, 0) is 6.08 Å². The van der Waals surface area contributed by atoms with Gasteiger partial charge >= 0.3 is 0 Å². The summed E-state index contributed by atoms with van der Waals surface area (Å²) in [4.78, 5) is 0. The molecule has 0 fully saturated rings. The monoisotopic (exact) mass is 86.0 g/mol. The van der Waals surface area contributed by atoms with Gasteiger partial charge in [-0.3, -0.25) is 5.17 Å². The number of hydrogen-bond donors (Lipinski definition) is 2. The van der Waals surface area contributed by atoms with E-state index in [9.17, 15) is 5.21 Å². The van der Waals surface area contributed by atoms with Crippen molar-refractivity contribution in [2.45, 2.75) is 0 Å². The molecule has 0 spiro atoms. The van der Waals surface area contributed by atoms with Crippen LogP contribution in [0.15, 0.2) is 12.3 Å². The smallest absolute Gasteiger partial charge is 0.120 e. The fourth-order valence-corrected chi connectivity index (χ4v) is 0.377. The molecule has 1 aliphatic rings. The molecule has 0 aromatic heterocycles. The van der Waals surface area contributed by atoms with Crippen molar-refractivity contribution in [2.75, 3.05) is 6.54 Å². The zero-order chi connectivity index (χ0) is 4.41. The Labute approximate surface area is 35.8 Å². The second-order valence-corrected chi connectivity index (χ2v) is 1.17. The predicted octanol–water partition coefficient (Wildman–Crippen LogP) is -1.60. The van der Waals surface area contributed by atoms with Crippen LogP contribution in [0.3, 0.4) is 0 Å². The molecule has 0 saturated heterocycles. The molecule has 0 aliphatic carbocycles. The van der Waals surface area contributed by atoms with Crippen molar-refractivity contribution in [1.29, 1.82) is 0 Å². The van der Waals surface area contributed by atoms with E-state index >= 15 is 0 Å². The van der Waals surface area contributed by atoms with Gasteiger partial charge in [0.25, 0.3) is 0 Å². The van der Waals surface area contributed by atoms with E-state index in [1.807, 2.05) is 0 Å². The van der Waals surface area contributed by atoms with Crippen molar-refractivity contribution in [3.05, 3.63) is 17.5 Å². The largest absolute Gasteiger partial charge is 0.608 e. The summed E-state index contributed by atoms with van der Waals surface area (Å²) >= 11 is 0. The number of rotatable bonds is 0. The quantitative estimate of drug-likeness (QED) is 0.348. The first kappa shape index (κ1) is 3.64. The van der Waals surface area contributed by atoms with Crippen LogP contribution >= 0.6 is 0 Å². The zero-order valence-electron chi connectivity index (χ0n) is 3.27. The molecule has 34 valence electrons. The second-order valence-electron chi connectivity index (χ2n) is 1.17. The maximum Gasteiger partial charge on any atom is 0.120 e. The first-order valence-corrected chi connectivity index (χ1v) is 1.84. The van der Waals surface area contributed by atoms with Gasteiger partial charge in [0.05, 0.1) is 6.20 Å². The lowest BCUT2D eigenvalue weighted by Gasteiger charge is -2.12. The van der Waals surface area contributed by atoms with E-state index in [0.717, 1.165) is 0 Å². The van der Waals surface area contributed by atoms with Crippen LogP contribution in [0.5, 0.6) is 0 Å². The van der Waals surface area contributed by atoms with Crippen LogP contribution in [-0.2, 0) is 0 Å². The van der Waals surface area contributed by atoms with Crippen LogP contribution in [0.25, 0.3) is 0 Å². The molecule has 1 unspecified atom stereocenters. The molecule has 1 aliphatic heterocycles.